The van der Waals surface area contributed by atoms with Gasteiger partial charge in [-0.15, -0.1) is 0 Å². The minimum atomic E-state index is 0.391. The molecule has 0 bridgehead atoms. The first-order chi connectivity index (χ1) is 17.4. The van der Waals surface area contributed by atoms with Crippen molar-refractivity contribution in [1.29, 1.82) is 5.26 Å². The second kappa shape index (κ2) is 11.7. The highest BCUT2D eigenvalue weighted by Gasteiger charge is 2.32. The van der Waals surface area contributed by atoms with Gasteiger partial charge in [0.25, 0.3) is 0 Å². The summed E-state index contributed by atoms with van der Waals surface area (Å²) < 4.78 is 5.88. The molecule has 3 aromatic rings. The zero-order chi connectivity index (χ0) is 25.7. The van der Waals surface area contributed by atoms with E-state index in [2.05, 4.69) is 60.1 Å². The van der Waals surface area contributed by atoms with Crippen molar-refractivity contribution in [2.24, 2.45) is 5.92 Å². The molecule has 0 amide bonds. The van der Waals surface area contributed by atoms with E-state index in [0.29, 0.717) is 29.0 Å². The largest absolute Gasteiger partial charge is 0.493 e. The Morgan fingerprint density at radius 1 is 1.19 bits per heavy atom. The standard InChI is InChI=1S/C29H34ClN5O/c1-5-20-18-35(29-21(16-31)15-22(30)17-32-29)14-13-23(20)24-11-12-26(33-27(24)19-34(3)4)25-9-7-8-10-28(25)36-6-2/h7-12,15,17,20,23H,5-6,13-14,18-19H2,1-4H3/t20-,23?/m1/s1. The first-order valence-corrected chi connectivity index (χ1v) is 13.0. The first-order valence-electron chi connectivity index (χ1n) is 12.6. The fourth-order valence-electron chi connectivity index (χ4n) is 5.20. The minimum Gasteiger partial charge on any atom is -0.493 e. The molecule has 1 saturated heterocycles. The van der Waals surface area contributed by atoms with Crippen LogP contribution in [0.5, 0.6) is 5.75 Å². The van der Waals surface area contributed by atoms with Crippen LogP contribution in [0.15, 0.2) is 48.7 Å². The molecule has 1 aliphatic rings. The van der Waals surface area contributed by atoms with Crippen LogP contribution < -0.4 is 9.64 Å². The van der Waals surface area contributed by atoms with Gasteiger partial charge in [0, 0.05) is 31.4 Å². The monoisotopic (exact) mass is 503 g/mol. The number of rotatable bonds is 8. The number of benzene rings is 1. The molecule has 36 heavy (non-hydrogen) atoms. The van der Waals surface area contributed by atoms with E-state index < -0.39 is 0 Å². The van der Waals surface area contributed by atoms with E-state index in [9.17, 15) is 5.26 Å². The Hall–Kier alpha value is -3.14. The van der Waals surface area contributed by atoms with Crippen molar-refractivity contribution in [3.05, 3.63) is 70.5 Å². The van der Waals surface area contributed by atoms with Gasteiger partial charge in [0.05, 0.1) is 28.6 Å². The third kappa shape index (κ3) is 5.64. The lowest BCUT2D eigenvalue weighted by molar-refractivity contribution is 0.336. The molecule has 0 saturated carbocycles. The lowest BCUT2D eigenvalue weighted by Gasteiger charge is -2.40. The van der Waals surface area contributed by atoms with Crippen molar-refractivity contribution >= 4 is 17.4 Å². The highest BCUT2D eigenvalue weighted by molar-refractivity contribution is 6.30. The van der Waals surface area contributed by atoms with Crippen LogP contribution in [0, 0.1) is 17.2 Å². The van der Waals surface area contributed by atoms with Gasteiger partial charge in [0.15, 0.2) is 0 Å². The lowest BCUT2D eigenvalue weighted by atomic mass is 9.78. The second-order valence-corrected chi connectivity index (χ2v) is 9.98. The number of para-hydroxylation sites is 1. The van der Waals surface area contributed by atoms with Crippen LogP contribution in [-0.4, -0.2) is 48.7 Å². The molecule has 4 rings (SSSR count). The average molecular weight is 504 g/mol. The molecule has 2 aromatic heterocycles. The van der Waals surface area contributed by atoms with Crippen LogP contribution >= 0.6 is 11.6 Å². The molecule has 6 nitrogen and oxygen atoms in total. The number of hydrogen-bond donors (Lipinski definition) is 0. The maximum Gasteiger partial charge on any atom is 0.146 e. The molecule has 2 atom stereocenters. The van der Waals surface area contributed by atoms with E-state index in [1.54, 1.807) is 12.3 Å². The Balaban J connectivity index is 1.66. The van der Waals surface area contributed by atoms with Crippen molar-refractivity contribution in [2.75, 3.05) is 38.7 Å². The van der Waals surface area contributed by atoms with Crippen LogP contribution in [0.1, 0.15) is 49.4 Å². The van der Waals surface area contributed by atoms with Crippen molar-refractivity contribution < 1.29 is 4.74 Å². The predicted molar refractivity (Wildman–Crippen MR) is 146 cm³/mol. The summed E-state index contributed by atoms with van der Waals surface area (Å²) in [6, 6.07) is 16.5. The number of ether oxygens (including phenoxy) is 1. The van der Waals surface area contributed by atoms with Gasteiger partial charge in [-0.25, -0.2) is 4.98 Å². The minimum absolute atomic E-state index is 0.391. The van der Waals surface area contributed by atoms with Crippen molar-refractivity contribution in [3.8, 4) is 23.1 Å². The zero-order valence-corrected chi connectivity index (χ0v) is 22.3. The SMILES string of the molecule is CCOc1ccccc1-c1ccc(C2CCN(c3ncc(Cl)cc3C#N)C[C@H]2CC)c(CN(C)C)n1. The number of nitriles is 1. The molecule has 1 aliphatic heterocycles. The van der Waals surface area contributed by atoms with E-state index >= 15 is 0 Å². The third-order valence-corrected chi connectivity index (χ3v) is 7.06. The van der Waals surface area contributed by atoms with Gasteiger partial charge in [-0.2, -0.15) is 5.26 Å². The van der Waals surface area contributed by atoms with Crippen LogP contribution in [-0.2, 0) is 6.54 Å². The number of anilines is 1. The molecular formula is C29H34ClN5O. The number of aromatic nitrogens is 2. The molecule has 7 heteroatoms. The van der Waals surface area contributed by atoms with E-state index in [1.165, 1.54) is 5.56 Å². The summed E-state index contributed by atoms with van der Waals surface area (Å²) in [5.41, 5.74) is 4.92. The second-order valence-electron chi connectivity index (χ2n) is 9.55. The summed E-state index contributed by atoms with van der Waals surface area (Å²) in [6.07, 6.45) is 3.64. The van der Waals surface area contributed by atoms with Gasteiger partial charge in [0.2, 0.25) is 0 Å². The Morgan fingerprint density at radius 2 is 2.00 bits per heavy atom. The van der Waals surface area contributed by atoms with Crippen LogP contribution in [0.3, 0.4) is 0 Å². The van der Waals surface area contributed by atoms with Gasteiger partial charge >= 0.3 is 0 Å². The van der Waals surface area contributed by atoms with E-state index in [1.807, 2.05) is 25.1 Å². The number of halogens is 1. The summed E-state index contributed by atoms with van der Waals surface area (Å²) in [7, 11) is 4.17. The molecule has 0 spiro atoms. The lowest BCUT2D eigenvalue weighted by Crippen LogP contribution is -2.40. The number of pyridine rings is 2. The van der Waals surface area contributed by atoms with Gasteiger partial charge in [-0.05, 0) is 69.1 Å². The molecule has 1 aromatic carbocycles. The molecule has 0 N–H and O–H groups in total. The van der Waals surface area contributed by atoms with Gasteiger partial charge in [-0.1, -0.05) is 43.1 Å². The number of nitrogens with zero attached hydrogens (tertiary/aromatic N) is 5. The summed E-state index contributed by atoms with van der Waals surface area (Å²) in [5.74, 6) is 2.41. The molecule has 3 heterocycles. The van der Waals surface area contributed by atoms with Crippen molar-refractivity contribution in [1.82, 2.24) is 14.9 Å². The van der Waals surface area contributed by atoms with Gasteiger partial charge < -0.3 is 14.5 Å². The Morgan fingerprint density at radius 3 is 2.72 bits per heavy atom. The van der Waals surface area contributed by atoms with Crippen LogP contribution in [0.4, 0.5) is 5.82 Å². The molecule has 1 fully saturated rings. The molecule has 0 aliphatic carbocycles. The van der Waals surface area contributed by atoms with Gasteiger partial charge in [-0.3, -0.25) is 4.98 Å². The van der Waals surface area contributed by atoms with Crippen molar-refractivity contribution in [2.45, 2.75) is 39.2 Å². The van der Waals surface area contributed by atoms with Crippen molar-refractivity contribution in [3.63, 3.8) is 0 Å². The topological polar surface area (TPSA) is 65.3 Å². The fourth-order valence-corrected chi connectivity index (χ4v) is 5.36. The Labute approximate surface area is 219 Å². The molecular weight excluding hydrogens is 470 g/mol. The van der Waals surface area contributed by atoms with E-state index in [0.717, 1.165) is 61.0 Å². The fraction of sp³-hybridized carbons (Fsp3) is 0.414. The third-order valence-electron chi connectivity index (χ3n) is 6.85. The van der Waals surface area contributed by atoms with Crippen LogP contribution in [0.25, 0.3) is 11.3 Å². The Bertz CT molecular complexity index is 1240. The van der Waals surface area contributed by atoms with E-state index in [-0.39, 0.29) is 0 Å². The summed E-state index contributed by atoms with van der Waals surface area (Å²) in [5, 5.41) is 10.1. The summed E-state index contributed by atoms with van der Waals surface area (Å²) in [4.78, 5) is 14.1. The molecule has 0 radical (unpaired) electrons. The average Bonchev–Trinajstić information content (AvgIpc) is 2.88. The number of piperidine rings is 1. The summed E-state index contributed by atoms with van der Waals surface area (Å²) in [6.45, 7) is 7.32. The number of hydrogen-bond acceptors (Lipinski definition) is 6. The summed E-state index contributed by atoms with van der Waals surface area (Å²) >= 11 is 6.09. The normalized spacial score (nSPS) is 17.8. The quantitative estimate of drug-likeness (QED) is 0.367. The zero-order valence-electron chi connectivity index (χ0n) is 21.5. The maximum atomic E-state index is 9.62. The highest BCUT2D eigenvalue weighted by atomic mass is 35.5. The highest BCUT2D eigenvalue weighted by Crippen LogP contribution is 2.39. The Kier molecular flexibility index (Phi) is 8.45. The van der Waals surface area contributed by atoms with Gasteiger partial charge in [0.1, 0.15) is 17.6 Å². The predicted octanol–water partition coefficient (Wildman–Crippen LogP) is 6.15. The maximum absolute atomic E-state index is 9.62. The molecule has 188 valence electrons. The first kappa shape index (κ1) is 25.9. The molecule has 1 unspecified atom stereocenters. The smallest absolute Gasteiger partial charge is 0.146 e. The van der Waals surface area contributed by atoms with Crippen LogP contribution in [0.2, 0.25) is 5.02 Å². The van der Waals surface area contributed by atoms with E-state index in [4.69, 9.17) is 21.3 Å².